The molecule has 17 heavy (non-hydrogen) atoms. The van der Waals surface area contributed by atoms with E-state index < -0.39 is 35.1 Å². The van der Waals surface area contributed by atoms with E-state index in [1.165, 1.54) is 6.92 Å². The van der Waals surface area contributed by atoms with Crippen LogP contribution in [-0.2, 0) is 4.79 Å². The highest BCUT2D eigenvalue weighted by molar-refractivity contribution is 5.95. The number of carbonyl (C=O) groups excluding carboxylic acids is 1. The van der Waals surface area contributed by atoms with Crippen LogP contribution in [0.1, 0.15) is 23.7 Å². The Bertz CT molecular complexity index is 428. The van der Waals surface area contributed by atoms with Gasteiger partial charge in [-0.25, -0.2) is 8.78 Å². The fraction of sp³-hybridized carbons (Fsp3) is 0.273. The molecule has 0 aliphatic heterocycles. The molecule has 1 aromatic rings. The Morgan fingerprint density at radius 2 is 1.88 bits per heavy atom. The number of aliphatic carboxylic acids is 1. The predicted octanol–water partition coefficient (Wildman–Crippen LogP) is 1.56. The number of benzene rings is 1. The van der Waals surface area contributed by atoms with E-state index >= 15 is 0 Å². The molecule has 0 saturated carbocycles. The molecule has 1 atom stereocenters. The van der Waals surface area contributed by atoms with E-state index in [2.05, 4.69) is 5.32 Å². The molecule has 92 valence electrons. The van der Waals surface area contributed by atoms with Gasteiger partial charge in [0.2, 0.25) is 0 Å². The summed E-state index contributed by atoms with van der Waals surface area (Å²) in [6.07, 6.45) is -0.318. The van der Waals surface area contributed by atoms with Gasteiger partial charge in [-0.1, -0.05) is 6.07 Å². The lowest BCUT2D eigenvalue weighted by Crippen LogP contribution is -2.35. The maximum absolute atomic E-state index is 13.2. The van der Waals surface area contributed by atoms with Crippen LogP contribution in [0.25, 0.3) is 0 Å². The molecular formula is C11H11F2NO3. The molecule has 0 fully saturated rings. The van der Waals surface area contributed by atoms with Crippen molar-refractivity contribution in [3.8, 4) is 0 Å². The first-order valence-corrected chi connectivity index (χ1v) is 4.88. The summed E-state index contributed by atoms with van der Waals surface area (Å²) in [5.41, 5.74) is -0.704. The highest BCUT2D eigenvalue weighted by atomic mass is 19.1. The standard InChI is InChI=1S/C11H11F2NO3/c1-6(5-9(15)16)14-11(17)10-7(12)3-2-4-8(10)13/h2-4,6H,5H2,1H3,(H,14,17)(H,15,16). The van der Waals surface area contributed by atoms with Crippen LogP contribution in [0.15, 0.2) is 18.2 Å². The molecule has 1 unspecified atom stereocenters. The van der Waals surface area contributed by atoms with Crippen LogP contribution in [0.3, 0.4) is 0 Å². The minimum absolute atomic E-state index is 0.318. The average molecular weight is 243 g/mol. The minimum Gasteiger partial charge on any atom is -0.481 e. The van der Waals surface area contributed by atoms with Crippen molar-refractivity contribution in [3.05, 3.63) is 35.4 Å². The van der Waals surface area contributed by atoms with Crippen molar-refractivity contribution >= 4 is 11.9 Å². The number of hydrogen-bond acceptors (Lipinski definition) is 2. The number of amides is 1. The zero-order valence-corrected chi connectivity index (χ0v) is 9.04. The molecule has 0 radical (unpaired) electrons. The highest BCUT2D eigenvalue weighted by Crippen LogP contribution is 2.12. The van der Waals surface area contributed by atoms with Crippen LogP contribution in [0.4, 0.5) is 8.78 Å². The number of rotatable bonds is 4. The summed E-state index contributed by atoms with van der Waals surface area (Å²) >= 11 is 0. The van der Waals surface area contributed by atoms with Gasteiger partial charge in [0.25, 0.3) is 5.91 Å². The van der Waals surface area contributed by atoms with Gasteiger partial charge in [0.05, 0.1) is 6.42 Å². The van der Waals surface area contributed by atoms with Crippen molar-refractivity contribution in [3.63, 3.8) is 0 Å². The Morgan fingerprint density at radius 1 is 1.35 bits per heavy atom. The average Bonchev–Trinajstić information content (AvgIpc) is 2.15. The lowest BCUT2D eigenvalue weighted by molar-refractivity contribution is -0.137. The van der Waals surface area contributed by atoms with Crippen molar-refractivity contribution in [1.29, 1.82) is 0 Å². The highest BCUT2D eigenvalue weighted by Gasteiger charge is 2.19. The first-order chi connectivity index (χ1) is 7.91. The summed E-state index contributed by atoms with van der Waals surface area (Å²) in [5, 5.41) is 10.7. The topological polar surface area (TPSA) is 66.4 Å². The van der Waals surface area contributed by atoms with E-state index in [0.717, 1.165) is 18.2 Å². The molecule has 0 aliphatic carbocycles. The second kappa shape index (κ2) is 5.38. The molecule has 6 heteroatoms. The molecule has 0 aromatic heterocycles. The van der Waals surface area contributed by atoms with Crippen molar-refractivity contribution in [2.24, 2.45) is 0 Å². The first-order valence-electron chi connectivity index (χ1n) is 4.88. The Hall–Kier alpha value is -1.98. The molecule has 1 aromatic carbocycles. The molecule has 0 aliphatic rings. The number of halogens is 2. The lowest BCUT2D eigenvalue weighted by Gasteiger charge is -2.12. The Morgan fingerprint density at radius 3 is 2.35 bits per heavy atom. The molecule has 0 bridgehead atoms. The third-order valence-corrected chi connectivity index (χ3v) is 2.05. The Balaban J connectivity index is 2.80. The van der Waals surface area contributed by atoms with E-state index in [0.29, 0.717) is 0 Å². The molecular weight excluding hydrogens is 232 g/mol. The summed E-state index contributed by atoms with van der Waals surface area (Å²) in [6, 6.07) is 2.35. The molecule has 4 nitrogen and oxygen atoms in total. The van der Waals surface area contributed by atoms with Crippen LogP contribution in [0.2, 0.25) is 0 Å². The number of carbonyl (C=O) groups is 2. The van der Waals surface area contributed by atoms with Crippen LogP contribution in [-0.4, -0.2) is 23.0 Å². The number of carboxylic acids is 1. The summed E-state index contributed by atoms with van der Waals surface area (Å²) in [4.78, 5) is 21.9. The van der Waals surface area contributed by atoms with Gasteiger partial charge in [-0.05, 0) is 19.1 Å². The lowest BCUT2D eigenvalue weighted by atomic mass is 10.1. The Labute approximate surface area is 96.3 Å². The third kappa shape index (κ3) is 3.51. The summed E-state index contributed by atoms with van der Waals surface area (Å²) in [6.45, 7) is 1.44. The number of nitrogens with one attached hydrogen (secondary N) is 1. The molecule has 0 saturated heterocycles. The quantitative estimate of drug-likeness (QED) is 0.843. The summed E-state index contributed by atoms with van der Waals surface area (Å²) in [7, 11) is 0. The van der Waals surface area contributed by atoms with E-state index in [1.54, 1.807) is 0 Å². The smallest absolute Gasteiger partial charge is 0.305 e. The number of carboxylic acid groups (broad SMARTS) is 1. The van der Waals surface area contributed by atoms with Gasteiger partial charge in [-0.3, -0.25) is 9.59 Å². The second-order valence-electron chi connectivity index (χ2n) is 3.57. The van der Waals surface area contributed by atoms with E-state index in [4.69, 9.17) is 5.11 Å². The van der Waals surface area contributed by atoms with Gasteiger partial charge >= 0.3 is 5.97 Å². The normalized spacial score (nSPS) is 11.9. The predicted molar refractivity (Wildman–Crippen MR) is 55.5 cm³/mol. The summed E-state index contributed by atoms with van der Waals surface area (Å²) < 4.78 is 26.4. The molecule has 1 amide bonds. The molecule has 0 spiro atoms. The maximum Gasteiger partial charge on any atom is 0.305 e. The van der Waals surface area contributed by atoms with Crippen molar-refractivity contribution < 1.29 is 23.5 Å². The molecule has 1 rings (SSSR count). The summed E-state index contributed by atoms with van der Waals surface area (Å²) in [5.74, 6) is -4.03. The van der Waals surface area contributed by atoms with E-state index in [-0.39, 0.29) is 6.42 Å². The van der Waals surface area contributed by atoms with Crippen molar-refractivity contribution in [2.45, 2.75) is 19.4 Å². The Kier molecular flexibility index (Phi) is 4.14. The minimum atomic E-state index is -1.10. The SMILES string of the molecule is CC(CC(=O)O)NC(=O)c1c(F)cccc1F. The van der Waals surface area contributed by atoms with E-state index in [1.807, 2.05) is 0 Å². The van der Waals surface area contributed by atoms with Crippen LogP contribution < -0.4 is 5.32 Å². The monoisotopic (exact) mass is 243 g/mol. The molecule has 0 heterocycles. The fourth-order valence-corrected chi connectivity index (χ4v) is 1.32. The van der Waals surface area contributed by atoms with Gasteiger partial charge in [-0.2, -0.15) is 0 Å². The van der Waals surface area contributed by atoms with Crippen molar-refractivity contribution in [2.75, 3.05) is 0 Å². The first kappa shape index (κ1) is 13.1. The largest absolute Gasteiger partial charge is 0.481 e. The fourth-order valence-electron chi connectivity index (χ4n) is 1.32. The van der Waals surface area contributed by atoms with Crippen LogP contribution >= 0.6 is 0 Å². The van der Waals surface area contributed by atoms with Gasteiger partial charge in [0.15, 0.2) is 0 Å². The maximum atomic E-state index is 13.2. The second-order valence-corrected chi connectivity index (χ2v) is 3.57. The van der Waals surface area contributed by atoms with Gasteiger partial charge < -0.3 is 10.4 Å². The zero-order chi connectivity index (χ0) is 13.0. The van der Waals surface area contributed by atoms with Gasteiger partial charge in [0, 0.05) is 6.04 Å². The van der Waals surface area contributed by atoms with Crippen LogP contribution in [0, 0.1) is 11.6 Å². The number of hydrogen-bond donors (Lipinski definition) is 2. The van der Waals surface area contributed by atoms with Crippen LogP contribution in [0.5, 0.6) is 0 Å². The molecule has 2 N–H and O–H groups in total. The zero-order valence-electron chi connectivity index (χ0n) is 9.04. The van der Waals surface area contributed by atoms with E-state index in [9.17, 15) is 18.4 Å². The van der Waals surface area contributed by atoms with Gasteiger partial charge in [-0.15, -0.1) is 0 Å². The van der Waals surface area contributed by atoms with Crippen molar-refractivity contribution in [1.82, 2.24) is 5.32 Å². The third-order valence-electron chi connectivity index (χ3n) is 2.05. The van der Waals surface area contributed by atoms with Gasteiger partial charge in [0.1, 0.15) is 17.2 Å².